The largest absolute Gasteiger partial charge is 0.390 e. The van der Waals surface area contributed by atoms with E-state index in [0.29, 0.717) is 13.0 Å². The Labute approximate surface area is 162 Å². The van der Waals surface area contributed by atoms with Gasteiger partial charge in [0.1, 0.15) is 6.67 Å². The number of benzene rings is 1. The van der Waals surface area contributed by atoms with Gasteiger partial charge in [-0.05, 0) is 37.5 Å². The van der Waals surface area contributed by atoms with Crippen LogP contribution in [-0.4, -0.2) is 75.1 Å². The molecule has 2 aliphatic rings. The van der Waals surface area contributed by atoms with Crippen LogP contribution in [0.5, 0.6) is 0 Å². The lowest BCUT2D eigenvalue weighted by Crippen LogP contribution is -2.38. The van der Waals surface area contributed by atoms with E-state index in [0.717, 1.165) is 11.3 Å². The molecule has 10 heteroatoms. The number of halogens is 1. The lowest BCUT2D eigenvalue weighted by molar-refractivity contribution is -0.114. The highest BCUT2D eigenvalue weighted by molar-refractivity contribution is 7.89. The predicted octanol–water partition coefficient (Wildman–Crippen LogP) is 0.736. The standard InChI is InChI=1S/C18H23FN2O6S/c1-27-11-12-3-2-7-21(12)28(25,26)14-4-5-16-15(9-14)17(23)18(24)20(16)8-6-13(22)10-19/h4-5,9,12-13,22H,2-3,6-8,10-11H2,1H3/t12-,13?/m0/s1/i19-1. The van der Waals surface area contributed by atoms with Crippen molar-refractivity contribution in [3.63, 3.8) is 0 Å². The number of ether oxygens (including phenoxy) is 1. The van der Waals surface area contributed by atoms with Crippen molar-refractivity contribution in [3.8, 4) is 0 Å². The number of Topliss-reactive ketones (excluding diaryl/α,β-unsaturated/α-hetero) is 1. The summed E-state index contributed by atoms with van der Waals surface area (Å²) in [6.07, 6.45) is 0.168. The van der Waals surface area contributed by atoms with E-state index in [1.807, 2.05) is 0 Å². The molecule has 1 unspecified atom stereocenters. The first-order valence-electron chi connectivity index (χ1n) is 9.06. The number of aliphatic hydroxyl groups is 1. The van der Waals surface area contributed by atoms with E-state index in [2.05, 4.69) is 0 Å². The smallest absolute Gasteiger partial charge is 0.299 e. The van der Waals surface area contributed by atoms with Crippen molar-refractivity contribution in [2.24, 2.45) is 0 Å². The Morgan fingerprint density at radius 2 is 2.11 bits per heavy atom. The number of hydrogen-bond acceptors (Lipinski definition) is 6. The molecule has 0 aromatic heterocycles. The second kappa shape index (κ2) is 8.24. The van der Waals surface area contributed by atoms with Gasteiger partial charge in [-0.2, -0.15) is 4.31 Å². The van der Waals surface area contributed by atoms with Crippen molar-refractivity contribution in [2.75, 3.05) is 38.4 Å². The molecule has 0 radical (unpaired) electrons. The van der Waals surface area contributed by atoms with Gasteiger partial charge in [0.25, 0.3) is 11.7 Å². The van der Waals surface area contributed by atoms with Crippen molar-refractivity contribution in [1.29, 1.82) is 0 Å². The van der Waals surface area contributed by atoms with Crippen LogP contribution < -0.4 is 4.90 Å². The third kappa shape index (κ3) is 3.69. The van der Waals surface area contributed by atoms with Crippen LogP contribution in [0.4, 0.5) is 10.1 Å². The van der Waals surface area contributed by atoms with Crippen LogP contribution in [0.2, 0.25) is 0 Å². The summed E-state index contributed by atoms with van der Waals surface area (Å²) in [4.78, 5) is 25.7. The SMILES string of the molecule is COC[C@@H]1CCCN1S(=O)(=O)c1ccc2c(c1)C(=O)C(=O)N2CCC(O)C[18F]. The zero-order valence-electron chi connectivity index (χ0n) is 15.5. The zero-order chi connectivity index (χ0) is 20.5. The van der Waals surface area contributed by atoms with Gasteiger partial charge >= 0.3 is 0 Å². The van der Waals surface area contributed by atoms with E-state index >= 15 is 0 Å². The number of carbonyl (C=O) groups excluding carboxylic acids is 2. The first-order chi connectivity index (χ1) is 13.3. The van der Waals surface area contributed by atoms with Gasteiger partial charge in [0.2, 0.25) is 10.0 Å². The van der Waals surface area contributed by atoms with Crippen molar-refractivity contribution in [1.82, 2.24) is 4.31 Å². The average molecular weight is 413 g/mol. The van der Waals surface area contributed by atoms with Crippen LogP contribution in [0, 0.1) is 0 Å². The van der Waals surface area contributed by atoms with Gasteiger partial charge in [0, 0.05) is 26.2 Å². The molecular formula is C18H23FN2O6S. The Bertz CT molecular complexity index is 875. The maximum atomic E-state index is 13.0. The van der Waals surface area contributed by atoms with E-state index in [1.54, 1.807) is 0 Å². The topological polar surface area (TPSA) is 104 Å². The van der Waals surface area contributed by atoms with E-state index in [4.69, 9.17) is 4.74 Å². The molecule has 8 nitrogen and oxygen atoms in total. The normalized spacial score (nSPS) is 21.4. The first-order valence-corrected chi connectivity index (χ1v) is 10.5. The number of alkyl halides is 1. The van der Waals surface area contributed by atoms with Gasteiger partial charge in [-0.3, -0.25) is 9.59 Å². The molecule has 0 bridgehead atoms. The van der Waals surface area contributed by atoms with Gasteiger partial charge in [0.15, 0.2) is 0 Å². The number of nitrogens with zero attached hydrogens (tertiary/aromatic N) is 2. The van der Waals surface area contributed by atoms with Crippen molar-refractivity contribution < 1.29 is 32.2 Å². The molecule has 1 amide bonds. The molecule has 3 rings (SSSR count). The van der Waals surface area contributed by atoms with Crippen LogP contribution in [-0.2, 0) is 19.6 Å². The zero-order valence-corrected chi connectivity index (χ0v) is 16.3. The van der Waals surface area contributed by atoms with E-state index in [9.17, 15) is 27.5 Å². The maximum Gasteiger partial charge on any atom is 0.299 e. The fourth-order valence-corrected chi connectivity index (χ4v) is 5.34. The van der Waals surface area contributed by atoms with Crippen molar-refractivity contribution in [3.05, 3.63) is 23.8 Å². The number of carbonyl (C=O) groups is 2. The molecule has 1 saturated heterocycles. The summed E-state index contributed by atoms with van der Waals surface area (Å²) in [6, 6.07) is 3.73. The third-order valence-corrected chi connectivity index (χ3v) is 7.04. The Morgan fingerprint density at radius 3 is 2.79 bits per heavy atom. The molecular weight excluding hydrogens is 390 g/mol. The summed E-state index contributed by atoms with van der Waals surface area (Å²) in [5, 5.41) is 9.37. The van der Waals surface area contributed by atoms with Crippen LogP contribution >= 0.6 is 0 Å². The van der Waals surface area contributed by atoms with Gasteiger partial charge < -0.3 is 14.7 Å². The van der Waals surface area contributed by atoms with Gasteiger partial charge in [-0.1, -0.05) is 0 Å². The number of aliphatic hydroxyl groups excluding tert-OH is 1. The summed E-state index contributed by atoms with van der Waals surface area (Å²) < 4.78 is 45.0. The van der Waals surface area contributed by atoms with Gasteiger partial charge in [-0.25, -0.2) is 12.8 Å². The van der Waals surface area contributed by atoms with Crippen LogP contribution in [0.15, 0.2) is 23.1 Å². The average Bonchev–Trinajstić information content (AvgIpc) is 3.24. The van der Waals surface area contributed by atoms with E-state index < -0.39 is 34.5 Å². The van der Waals surface area contributed by atoms with E-state index in [1.165, 1.54) is 29.6 Å². The number of amides is 1. The van der Waals surface area contributed by atoms with Crippen LogP contribution in [0.25, 0.3) is 0 Å². The quantitative estimate of drug-likeness (QED) is 0.631. The first kappa shape index (κ1) is 20.8. The molecule has 154 valence electrons. The van der Waals surface area contributed by atoms with Crippen LogP contribution in [0.1, 0.15) is 29.6 Å². The van der Waals surface area contributed by atoms with Crippen molar-refractivity contribution in [2.45, 2.75) is 36.3 Å². The fourth-order valence-electron chi connectivity index (χ4n) is 3.64. The molecule has 0 spiro atoms. The van der Waals surface area contributed by atoms with Gasteiger partial charge in [-0.15, -0.1) is 0 Å². The molecule has 2 atom stereocenters. The minimum Gasteiger partial charge on any atom is -0.390 e. The highest BCUT2D eigenvalue weighted by atomic mass is 32.2. The predicted molar refractivity (Wildman–Crippen MR) is 98.5 cm³/mol. The summed E-state index contributed by atoms with van der Waals surface area (Å²) in [5.41, 5.74) is 0.276. The molecule has 1 fully saturated rings. The summed E-state index contributed by atoms with van der Waals surface area (Å²) in [5.74, 6) is -1.62. The second-order valence-corrected chi connectivity index (χ2v) is 8.82. The second-order valence-electron chi connectivity index (χ2n) is 6.93. The summed E-state index contributed by atoms with van der Waals surface area (Å²) in [6.45, 7) is -0.324. The van der Waals surface area contributed by atoms with E-state index in [-0.39, 0.29) is 41.8 Å². The number of sulfonamides is 1. The molecule has 1 N–H and O–H groups in total. The maximum absolute atomic E-state index is 13.0. The third-order valence-electron chi connectivity index (χ3n) is 5.10. The Morgan fingerprint density at radius 1 is 1.36 bits per heavy atom. The monoisotopic (exact) mass is 413 g/mol. The lowest BCUT2D eigenvalue weighted by atomic mass is 10.1. The minimum atomic E-state index is -3.84. The summed E-state index contributed by atoms with van der Waals surface area (Å²) >= 11 is 0. The Balaban J connectivity index is 1.89. The molecule has 0 saturated carbocycles. The number of fused-ring (bicyclic) bond motifs is 1. The molecule has 2 heterocycles. The molecule has 1 aromatic rings. The summed E-state index contributed by atoms with van der Waals surface area (Å²) in [7, 11) is -2.33. The molecule has 1 aromatic carbocycles. The molecule has 0 aliphatic carbocycles. The number of ketones is 1. The van der Waals surface area contributed by atoms with Crippen molar-refractivity contribution >= 4 is 27.4 Å². The highest BCUT2D eigenvalue weighted by Crippen LogP contribution is 2.33. The number of rotatable bonds is 8. The minimum absolute atomic E-state index is 0.00306. The number of hydrogen-bond donors (Lipinski definition) is 1. The number of anilines is 1. The Hall–Kier alpha value is -1.88. The Kier molecular flexibility index (Phi) is 6.13. The number of methoxy groups -OCH3 is 1. The van der Waals surface area contributed by atoms with Gasteiger partial charge in [0.05, 0.1) is 28.9 Å². The lowest BCUT2D eigenvalue weighted by Gasteiger charge is -2.24. The molecule has 2 aliphatic heterocycles. The van der Waals surface area contributed by atoms with Crippen LogP contribution in [0.3, 0.4) is 0 Å². The molecule has 28 heavy (non-hydrogen) atoms. The fraction of sp³-hybridized carbons (Fsp3) is 0.556. The highest BCUT2D eigenvalue weighted by Gasteiger charge is 2.39.